The van der Waals surface area contributed by atoms with E-state index < -0.39 is 11.7 Å². The van der Waals surface area contributed by atoms with Gasteiger partial charge in [0.25, 0.3) is 0 Å². The third-order valence-corrected chi connectivity index (χ3v) is 7.13. The average molecular weight is 516 g/mol. The first-order valence-corrected chi connectivity index (χ1v) is 12.4. The highest BCUT2D eigenvalue weighted by atomic mass is 35.5. The van der Waals surface area contributed by atoms with Crippen LogP contribution in [0, 0.1) is 13.8 Å². The number of halogens is 1. The molecule has 2 heterocycles. The van der Waals surface area contributed by atoms with Gasteiger partial charge in [0.05, 0.1) is 26.1 Å². The highest BCUT2D eigenvalue weighted by Crippen LogP contribution is 2.31. The van der Waals surface area contributed by atoms with Gasteiger partial charge in [0.15, 0.2) is 11.5 Å². The first-order chi connectivity index (χ1) is 17.3. The van der Waals surface area contributed by atoms with Crippen molar-refractivity contribution in [2.24, 2.45) is 0 Å². The van der Waals surface area contributed by atoms with Crippen LogP contribution in [0.3, 0.4) is 0 Å². The summed E-state index contributed by atoms with van der Waals surface area (Å²) >= 11 is 6.25. The van der Waals surface area contributed by atoms with Crippen molar-refractivity contribution in [3.63, 3.8) is 0 Å². The molecule has 1 aliphatic rings. The lowest BCUT2D eigenvalue weighted by Gasteiger charge is -2.42. The SMILES string of the molecule is COc1cc(CN2CC[C@H](O)[C@@](O)(COc3cc(C)c(Cl)c(C)c3)C2)ccc1OCCn1ccnc1. The van der Waals surface area contributed by atoms with E-state index in [1.54, 1.807) is 19.6 Å². The Morgan fingerprint density at radius 1 is 1.14 bits per heavy atom. The zero-order valence-corrected chi connectivity index (χ0v) is 21.7. The van der Waals surface area contributed by atoms with Gasteiger partial charge in [0.2, 0.25) is 0 Å². The summed E-state index contributed by atoms with van der Waals surface area (Å²) in [5.41, 5.74) is 1.46. The van der Waals surface area contributed by atoms with Crippen molar-refractivity contribution in [1.29, 1.82) is 0 Å². The Balaban J connectivity index is 1.36. The number of imidazole rings is 1. The normalized spacial score (nSPS) is 20.3. The molecule has 194 valence electrons. The summed E-state index contributed by atoms with van der Waals surface area (Å²) in [7, 11) is 1.62. The molecular weight excluding hydrogens is 482 g/mol. The van der Waals surface area contributed by atoms with E-state index in [1.165, 1.54) is 0 Å². The minimum atomic E-state index is -1.39. The number of piperidine rings is 1. The number of hydrogen-bond acceptors (Lipinski definition) is 7. The topological polar surface area (TPSA) is 89.2 Å². The van der Waals surface area contributed by atoms with Crippen LogP contribution in [-0.4, -0.2) is 69.8 Å². The summed E-state index contributed by atoms with van der Waals surface area (Å²) in [5, 5.41) is 22.6. The average Bonchev–Trinajstić information content (AvgIpc) is 3.38. The van der Waals surface area contributed by atoms with E-state index in [-0.39, 0.29) is 13.2 Å². The maximum atomic E-state index is 11.3. The largest absolute Gasteiger partial charge is 0.493 e. The summed E-state index contributed by atoms with van der Waals surface area (Å²) in [4.78, 5) is 6.15. The Morgan fingerprint density at radius 3 is 2.61 bits per heavy atom. The number of aliphatic hydroxyl groups excluding tert-OH is 1. The predicted octanol–water partition coefficient (Wildman–Crippen LogP) is 3.62. The molecule has 1 aromatic heterocycles. The predicted molar refractivity (Wildman–Crippen MR) is 138 cm³/mol. The van der Waals surface area contributed by atoms with Crippen LogP contribution in [0.1, 0.15) is 23.1 Å². The van der Waals surface area contributed by atoms with E-state index in [1.807, 2.05) is 54.9 Å². The molecule has 0 bridgehead atoms. The van der Waals surface area contributed by atoms with Crippen LogP contribution >= 0.6 is 11.6 Å². The lowest BCUT2D eigenvalue weighted by Crippen LogP contribution is -2.59. The summed E-state index contributed by atoms with van der Waals surface area (Å²) in [5.74, 6) is 1.96. The highest BCUT2D eigenvalue weighted by Gasteiger charge is 2.42. The van der Waals surface area contributed by atoms with Gasteiger partial charge in [0.1, 0.15) is 24.6 Å². The molecule has 2 N–H and O–H groups in total. The molecule has 2 aromatic carbocycles. The van der Waals surface area contributed by atoms with E-state index in [4.69, 9.17) is 25.8 Å². The summed E-state index contributed by atoms with van der Waals surface area (Å²) < 4.78 is 19.3. The lowest BCUT2D eigenvalue weighted by molar-refractivity contribution is -0.140. The number of methoxy groups -OCH3 is 1. The highest BCUT2D eigenvalue weighted by molar-refractivity contribution is 6.32. The van der Waals surface area contributed by atoms with Crippen molar-refractivity contribution in [2.45, 2.75) is 45.1 Å². The van der Waals surface area contributed by atoms with Gasteiger partial charge in [-0.05, 0) is 61.2 Å². The molecule has 1 fully saturated rings. The molecule has 0 unspecified atom stereocenters. The first-order valence-electron chi connectivity index (χ1n) is 12.1. The quantitative estimate of drug-likeness (QED) is 0.426. The number of likely N-dealkylation sites (tertiary alicyclic amines) is 1. The molecule has 0 spiro atoms. The van der Waals surface area contributed by atoms with Gasteiger partial charge in [-0.2, -0.15) is 0 Å². The fourth-order valence-electron chi connectivity index (χ4n) is 4.49. The molecule has 8 nitrogen and oxygen atoms in total. The van der Waals surface area contributed by atoms with Gasteiger partial charge in [-0.25, -0.2) is 4.98 Å². The molecule has 1 aliphatic heterocycles. The second-order valence-corrected chi connectivity index (χ2v) is 9.79. The van der Waals surface area contributed by atoms with E-state index in [9.17, 15) is 10.2 Å². The van der Waals surface area contributed by atoms with Crippen molar-refractivity contribution in [2.75, 3.05) is 33.4 Å². The molecule has 3 aromatic rings. The fraction of sp³-hybridized carbons (Fsp3) is 0.444. The zero-order chi connectivity index (χ0) is 25.7. The van der Waals surface area contributed by atoms with Gasteiger partial charge < -0.3 is 29.0 Å². The smallest absolute Gasteiger partial charge is 0.161 e. The van der Waals surface area contributed by atoms with Gasteiger partial charge in [-0.3, -0.25) is 4.90 Å². The molecule has 9 heteroatoms. The van der Waals surface area contributed by atoms with Crippen LogP contribution in [0.15, 0.2) is 49.1 Å². The molecule has 0 amide bonds. The van der Waals surface area contributed by atoms with Crippen LogP contribution in [0.5, 0.6) is 17.2 Å². The Hall–Kier alpha value is -2.78. The van der Waals surface area contributed by atoms with E-state index >= 15 is 0 Å². The van der Waals surface area contributed by atoms with Crippen LogP contribution in [0.25, 0.3) is 0 Å². The maximum Gasteiger partial charge on any atom is 0.161 e. The van der Waals surface area contributed by atoms with Gasteiger partial charge in [0, 0.05) is 37.1 Å². The van der Waals surface area contributed by atoms with Crippen LogP contribution < -0.4 is 14.2 Å². The standard InChI is InChI=1S/C27H34ClN3O5/c1-19-12-22(13-20(2)26(19)28)36-17-27(33)16-31(8-6-25(27)32)15-21-4-5-23(24(14-21)34-3)35-11-10-30-9-7-29-18-30/h4-5,7,9,12-14,18,25,32-33H,6,8,10-11,15-17H2,1-3H3/t25-,27-/m0/s1. The number of rotatable bonds is 10. The number of aromatic nitrogens is 2. The van der Waals surface area contributed by atoms with Crippen molar-refractivity contribution in [1.82, 2.24) is 14.5 Å². The lowest BCUT2D eigenvalue weighted by atomic mass is 9.90. The maximum absolute atomic E-state index is 11.3. The summed E-state index contributed by atoms with van der Waals surface area (Å²) in [6.07, 6.45) is 4.96. The minimum Gasteiger partial charge on any atom is -0.493 e. The molecule has 0 saturated carbocycles. The van der Waals surface area contributed by atoms with Crippen LogP contribution in [-0.2, 0) is 13.1 Å². The van der Waals surface area contributed by atoms with E-state index in [0.717, 1.165) is 16.7 Å². The van der Waals surface area contributed by atoms with Gasteiger partial charge in [-0.1, -0.05) is 17.7 Å². The van der Waals surface area contributed by atoms with Gasteiger partial charge >= 0.3 is 0 Å². The molecule has 0 radical (unpaired) electrons. The minimum absolute atomic E-state index is 0.0157. The van der Waals surface area contributed by atoms with Crippen LogP contribution in [0.4, 0.5) is 0 Å². The third kappa shape index (κ3) is 6.31. The fourth-order valence-corrected chi connectivity index (χ4v) is 4.60. The number of nitrogens with zero attached hydrogens (tertiary/aromatic N) is 3. The first kappa shape index (κ1) is 26.3. The number of hydrogen-bond donors (Lipinski definition) is 2. The third-order valence-electron chi connectivity index (χ3n) is 6.54. The van der Waals surface area contributed by atoms with Crippen molar-refractivity contribution >= 4 is 11.6 Å². The van der Waals surface area contributed by atoms with E-state index in [0.29, 0.717) is 54.9 Å². The number of ether oxygens (including phenoxy) is 3. The Labute approximate surface area is 217 Å². The molecule has 0 aliphatic carbocycles. The Bertz CT molecular complexity index is 1130. The Morgan fingerprint density at radius 2 is 1.92 bits per heavy atom. The molecule has 1 saturated heterocycles. The van der Waals surface area contributed by atoms with Gasteiger partial charge in [-0.15, -0.1) is 0 Å². The number of benzene rings is 2. The monoisotopic (exact) mass is 515 g/mol. The van der Waals surface area contributed by atoms with Crippen molar-refractivity contribution < 1.29 is 24.4 Å². The number of aliphatic hydroxyl groups is 2. The summed E-state index contributed by atoms with van der Waals surface area (Å²) in [6, 6.07) is 9.54. The zero-order valence-electron chi connectivity index (χ0n) is 21.0. The summed E-state index contributed by atoms with van der Waals surface area (Å²) in [6.45, 7) is 6.54. The molecule has 2 atom stereocenters. The molecule has 36 heavy (non-hydrogen) atoms. The Kier molecular flexibility index (Phi) is 8.41. The number of β-amino-alcohol motifs (C(OH)–C–C–N with tert-alkyl or cyclic N) is 1. The van der Waals surface area contributed by atoms with Crippen molar-refractivity contribution in [3.05, 3.63) is 70.8 Å². The molecular formula is C27H34ClN3O5. The molecule has 4 rings (SSSR count). The van der Waals surface area contributed by atoms with E-state index in [2.05, 4.69) is 9.88 Å². The van der Waals surface area contributed by atoms with Crippen molar-refractivity contribution in [3.8, 4) is 17.2 Å². The van der Waals surface area contributed by atoms with Crippen LogP contribution in [0.2, 0.25) is 5.02 Å². The second kappa shape index (κ2) is 11.5. The second-order valence-electron chi connectivity index (χ2n) is 9.41. The number of aryl methyl sites for hydroxylation is 2.